The van der Waals surface area contributed by atoms with Gasteiger partial charge in [0.05, 0.1) is 24.8 Å². The second-order valence-corrected chi connectivity index (χ2v) is 10.5. The molecule has 2 heterocycles. The molecule has 0 unspecified atom stereocenters. The third kappa shape index (κ3) is 6.78. The van der Waals surface area contributed by atoms with Crippen molar-refractivity contribution in [3.63, 3.8) is 0 Å². The molecule has 2 aliphatic heterocycles. The minimum absolute atomic E-state index is 0.0298. The number of carbonyl (C=O) groups excluding carboxylic acids is 2. The summed E-state index contributed by atoms with van der Waals surface area (Å²) < 4.78 is 23.3. The van der Waals surface area contributed by atoms with Crippen LogP contribution >= 0.6 is 0 Å². The molecule has 2 aliphatic rings. The number of aliphatic hydroxyl groups is 1. The Kier molecular flexibility index (Phi) is 10.2. The number of likely N-dealkylation sites (tertiary alicyclic amines) is 1. The third-order valence-corrected chi connectivity index (χ3v) is 7.44. The first-order valence-electron chi connectivity index (χ1n) is 14.6. The Hall–Kier alpha value is -3.72. The molecule has 9 nitrogen and oxygen atoms in total. The summed E-state index contributed by atoms with van der Waals surface area (Å²) in [6.07, 6.45) is 0.897. The van der Waals surface area contributed by atoms with E-state index in [1.165, 1.54) is 0 Å². The van der Waals surface area contributed by atoms with Gasteiger partial charge in [0, 0.05) is 18.7 Å². The van der Waals surface area contributed by atoms with E-state index in [2.05, 4.69) is 32.6 Å². The predicted octanol–water partition coefficient (Wildman–Crippen LogP) is 5.04. The fraction of sp³-hybridized carbons (Fsp3) is 0.500. The lowest BCUT2D eigenvalue weighted by molar-refractivity contribution is -0.140. The normalized spacial score (nSPS) is 17.9. The Morgan fingerprint density at radius 2 is 1.73 bits per heavy atom. The highest BCUT2D eigenvalue weighted by atomic mass is 16.6. The summed E-state index contributed by atoms with van der Waals surface area (Å²) in [5.74, 6) is 1.05. The topological polar surface area (TPSA) is 97.8 Å². The first kappa shape index (κ1) is 30.2. The number of ether oxygens (including phenoxy) is 4. The van der Waals surface area contributed by atoms with Gasteiger partial charge in [-0.3, -0.25) is 9.59 Å². The zero-order chi connectivity index (χ0) is 29.5. The number of hydrogen-bond acceptors (Lipinski definition) is 8. The van der Waals surface area contributed by atoms with Crippen LogP contribution in [0.25, 0.3) is 5.76 Å². The van der Waals surface area contributed by atoms with Crippen LogP contribution in [-0.4, -0.2) is 79.2 Å². The molecule has 41 heavy (non-hydrogen) atoms. The summed E-state index contributed by atoms with van der Waals surface area (Å²) in [5, 5.41) is 11.5. The van der Waals surface area contributed by atoms with Crippen LogP contribution in [0.15, 0.2) is 42.0 Å². The summed E-state index contributed by atoms with van der Waals surface area (Å²) in [6, 6.07) is 9.67. The first-order chi connectivity index (χ1) is 19.8. The van der Waals surface area contributed by atoms with Crippen molar-refractivity contribution < 1.29 is 33.6 Å². The SMILES string of the molecule is CCOc1cc([C@@H]2C(=C(O)c3ccc4c(c3)OCCO4)C(=O)C(=O)N2CCN(CC)CC)ccc1OCCC(C)C. The van der Waals surface area contributed by atoms with Crippen LogP contribution in [0.5, 0.6) is 23.0 Å². The van der Waals surface area contributed by atoms with Gasteiger partial charge in [-0.05, 0) is 68.2 Å². The molecule has 0 radical (unpaired) electrons. The lowest BCUT2D eigenvalue weighted by atomic mass is 9.94. The second-order valence-electron chi connectivity index (χ2n) is 10.5. The number of carbonyl (C=O) groups is 2. The second kappa shape index (κ2) is 13.8. The van der Waals surface area contributed by atoms with Crippen LogP contribution in [0.3, 0.4) is 0 Å². The van der Waals surface area contributed by atoms with E-state index in [1.807, 2.05) is 25.1 Å². The highest BCUT2D eigenvalue weighted by Gasteiger charge is 2.46. The van der Waals surface area contributed by atoms with Gasteiger partial charge in [-0.2, -0.15) is 0 Å². The molecule has 4 rings (SSSR count). The zero-order valence-corrected chi connectivity index (χ0v) is 24.8. The van der Waals surface area contributed by atoms with E-state index >= 15 is 0 Å². The maximum Gasteiger partial charge on any atom is 0.295 e. The number of rotatable bonds is 13. The molecule has 1 saturated heterocycles. The summed E-state index contributed by atoms with van der Waals surface area (Å²) >= 11 is 0. The van der Waals surface area contributed by atoms with Gasteiger partial charge in [0.1, 0.15) is 19.0 Å². The smallest absolute Gasteiger partial charge is 0.295 e. The molecule has 222 valence electrons. The average molecular weight is 567 g/mol. The number of ketones is 1. The van der Waals surface area contributed by atoms with Crippen molar-refractivity contribution in [3.8, 4) is 23.0 Å². The fourth-order valence-corrected chi connectivity index (χ4v) is 5.08. The number of amides is 1. The van der Waals surface area contributed by atoms with E-state index in [0.29, 0.717) is 79.6 Å². The minimum Gasteiger partial charge on any atom is -0.507 e. The Morgan fingerprint density at radius 1 is 1.00 bits per heavy atom. The maximum absolute atomic E-state index is 13.5. The number of aliphatic hydroxyl groups excluding tert-OH is 1. The van der Waals surface area contributed by atoms with Crippen molar-refractivity contribution in [1.82, 2.24) is 9.80 Å². The number of fused-ring (bicyclic) bond motifs is 1. The molecule has 0 aliphatic carbocycles. The van der Waals surface area contributed by atoms with Crippen LogP contribution in [0.4, 0.5) is 0 Å². The van der Waals surface area contributed by atoms with Crippen LogP contribution in [-0.2, 0) is 9.59 Å². The average Bonchev–Trinajstić information content (AvgIpc) is 3.22. The molecular weight excluding hydrogens is 524 g/mol. The number of benzene rings is 2. The molecule has 1 amide bonds. The van der Waals surface area contributed by atoms with Crippen LogP contribution < -0.4 is 18.9 Å². The number of Topliss-reactive ketones (excluding diaryl/α,β-unsaturated/α-hetero) is 1. The summed E-state index contributed by atoms with van der Waals surface area (Å²) in [4.78, 5) is 30.7. The van der Waals surface area contributed by atoms with E-state index in [9.17, 15) is 14.7 Å². The van der Waals surface area contributed by atoms with Gasteiger partial charge in [-0.15, -0.1) is 0 Å². The van der Waals surface area contributed by atoms with Crippen molar-refractivity contribution in [3.05, 3.63) is 53.1 Å². The number of nitrogens with zero attached hydrogens (tertiary/aromatic N) is 2. The molecular formula is C32H42N2O7. The Morgan fingerprint density at radius 3 is 2.41 bits per heavy atom. The van der Waals surface area contributed by atoms with Gasteiger partial charge in [-0.25, -0.2) is 0 Å². The maximum atomic E-state index is 13.5. The molecule has 0 aromatic heterocycles. The highest BCUT2D eigenvalue weighted by molar-refractivity contribution is 6.46. The van der Waals surface area contributed by atoms with Crippen LogP contribution in [0.1, 0.15) is 58.2 Å². The molecule has 0 bridgehead atoms. The third-order valence-electron chi connectivity index (χ3n) is 7.44. The molecule has 1 N–H and O–H groups in total. The van der Waals surface area contributed by atoms with Crippen molar-refractivity contribution in [2.24, 2.45) is 5.92 Å². The number of likely N-dealkylation sites (N-methyl/N-ethyl adjacent to an activating group) is 1. The van der Waals surface area contributed by atoms with Gasteiger partial charge in [0.2, 0.25) is 0 Å². The van der Waals surface area contributed by atoms with Crippen molar-refractivity contribution in [1.29, 1.82) is 0 Å². The fourth-order valence-electron chi connectivity index (χ4n) is 5.08. The summed E-state index contributed by atoms with van der Waals surface area (Å²) in [7, 11) is 0. The van der Waals surface area contributed by atoms with Crippen LogP contribution in [0.2, 0.25) is 0 Å². The first-order valence-corrected chi connectivity index (χ1v) is 14.6. The van der Waals surface area contributed by atoms with Crippen molar-refractivity contribution >= 4 is 17.4 Å². The van der Waals surface area contributed by atoms with Gasteiger partial charge >= 0.3 is 0 Å². The van der Waals surface area contributed by atoms with Crippen molar-refractivity contribution in [2.45, 2.75) is 47.1 Å². The quantitative estimate of drug-likeness (QED) is 0.205. The Balaban J connectivity index is 1.78. The Bertz CT molecular complexity index is 1270. The van der Waals surface area contributed by atoms with E-state index in [-0.39, 0.29) is 11.3 Å². The summed E-state index contributed by atoms with van der Waals surface area (Å²) in [5.41, 5.74) is 1.06. The lowest BCUT2D eigenvalue weighted by Crippen LogP contribution is -2.38. The Labute approximate surface area is 242 Å². The molecule has 0 spiro atoms. The lowest BCUT2D eigenvalue weighted by Gasteiger charge is -2.28. The van der Waals surface area contributed by atoms with Gasteiger partial charge < -0.3 is 33.9 Å². The van der Waals surface area contributed by atoms with E-state index in [4.69, 9.17) is 18.9 Å². The van der Waals surface area contributed by atoms with Gasteiger partial charge in [0.15, 0.2) is 23.0 Å². The molecule has 1 atom stereocenters. The number of hydrogen-bond donors (Lipinski definition) is 1. The van der Waals surface area contributed by atoms with E-state index in [1.54, 1.807) is 23.1 Å². The molecule has 2 aromatic rings. The van der Waals surface area contributed by atoms with Crippen molar-refractivity contribution in [2.75, 3.05) is 52.6 Å². The van der Waals surface area contributed by atoms with Gasteiger partial charge in [0.25, 0.3) is 11.7 Å². The molecule has 0 saturated carbocycles. The zero-order valence-electron chi connectivity index (χ0n) is 24.8. The van der Waals surface area contributed by atoms with E-state index in [0.717, 1.165) is 19.5 Å². The predicted molar refractivity (Wildman–Crippen MR) is 157 cm³/mol. The monoisotopic (exact) mass is 566 g/mol. The largest absolute Gasteiger partial charge is 0.507 e. The van der Waals surface area contributed by atoms with Gasteiger partial charge in [-0.1, -0.05) is 33.8 Å². The molecule has 9 heteroatoms. The molecule has 1 fully saturated rings. The highest BCUT2D eigenvalue weighted by Crippen LogP contribution is 2.43. The molecule has 2 aromatic carbocycles. The van der Waals surface area contributed by atoms with E-state index < -0.39 is 17.7 Å². The summed E-state index contributed by atoms with van der Waals surface area (Å²) in [6.45, 7) is 14.6. The standard InChI is InChI=1S/C32H42N2O7/c1-6-33(7-2)14-15-34-29(22-9-11-24(26(19-22)38-8-3)39-16-13-21(4)5)28(31(36)32(34)37)30(35)23-10-12-25-27(20-23)41-18-17-40-25/h9-12,19-21,29,35H,6-8,13-18H2,1-5H3/t29-/m1/s1. The minimum atomic E-state index is -0.803. The van der Waals surface area contributed by atoms with Crippen LogP contribution in [0, 0.1) is 5.92 Å².